The van der Waals surface area contributed by atoms with Crippen molar-refractivity contribution in [2.75, 3.05) is 19.6 Å². The molecular formula is C19H23N3OS. The molecule has 1 aliphatic carbocycles. The van der Waals surface area contributed by atoms with Gasteiger partial charge in [-0.1, -0.05) is 0 Å². The Morgan fingerprint density at radius 1 is 1.17 bits per heavy atom. The monoisotopic (exact) mass is 341 g/mol. The van der Waals surface area contributed by atoms with Crippen LogP contribution >= 0.6 is 11.3 Å². The van der Waals surface area contributed by atoms with Gasteiger partial charge in [0.1, 0.15) is 5.69 Å². The van der Waals surface area contributed by atoms with E-state index in [0.29, 0.717) is 12.1 Å². The molecule has 2 aromatic heterocycles. The summed E-state index contributed by atoms with van der Waals surface area (Å²) in [6.07, 6.45) is 4.68. The molecule has 2 atom stereocenters. The first-order valence-electron chi connectivity index (χ1n) is 8.94. The van der Waals surface area contributed by atoms with Crippen LogP contribution in [0.5, 0.6) is 0 Å². The Kier molecular flexibility index (Phi) is 3.35. The zero-order chi connectivity index (χ0) is 16.3. The minimum Gasteiger partial charge on any atom is -0.337 e. The number of aryl methyl sites for hydroxylation is 1. The minimum absolute atomic E-state index is 0.238. The molecule has 0 spiro atoms. The van der Waals surface area contributed by atoms with Crippen molar-refractivity contribution in [3.63, 3.8) is 0 Å². The second-order valence-electron chi connectivity index (χ2n) is 7.54. The number of thiophene rings is 1. The molecule has 24 heavy (non-hydrogen) atoms. The van der Waals surface area contributed by atoms with Crippen molar-refractivity contribution in [1.82, 2.24) is 14.4 Å². The molecule has 2 fully saturated rings. The number of carbonyl (C=O) groups excluding carboxylic acids is 1. The molecular weight excluding hydrogens is 318 g/mol. The van der Waals surface area contributed by atoms with E-state index < -0.39 is 0 Å². The topological polar surface area (TPSA) is 28.5 Å². The maximum Gasteiger partial charge on any atom is 0.270 e. The first-order valence-corrected chi connectivity index (χ1v) is 9.76. The highest BCUT2D eigenvalue weighted by molar-refractivity contribution is 7.11. The summed E-state index contributed by atoms with van der Waals surface area (Å²) in [5.41, 5.74) is 0.880. The highest BCUT2D eigenvalue weighted by Gasteiger charge is 2.46. The number of carbonyl (C=O) groups is 1. The van der Waals surface area contributed by atoms with Gasteiger partial charge in [0.15, 0.2) is 0 Å². The van der Waals surface area contributed by atoms with Gasteiger partial charge in [0.25, 0.3) is 5.91 Å². The second-order valence-corrected chi connectivity index (χ2v) is 8.92. The Hall–Kier alpha value is -1.59. The SMILES string of the molecule is Cc1ccc(CN2C[C@H]3[C@H](C2)n2cccc2C(=O)N3CC2CC2)s1. The molecule has 4 heterocycles. The Morgan fingerprint density at radius 3 is 2.75 bits per heavy atom. The molecule has 0 N–H and O–H groups in total. The van der Waals surface area contributed by atoms with Gasteiger partial charge < -0.3 is 9.47 Å². The van der Waals surface area contributed by atoms with Crippen molar-refractivity contribution in [2.24, 2.45) is 5.92 Å². The van der Waals surface area contributed by atoms with Crippen molar-refractivity contribution in [3.05, 3.63) is 45.9 Å². The molecule has 126 valence electrons. The van der Waals surface area contributed by atoms with Crippen LogP contribution in [0.2, 0.25) is 0 Å². The van der Waals surface area contributed by atoms with Crippen molar-refractivity contribution >= 4 is 17.2 Å². The summed E-state index contributed by atoms with van der Waals surface area (Å²) in [6.45, 7) is 6.17. The number of hydrogen-bond acceptors (Lipinski definition) is 3. The molecule has 4 nitrogen and oxygen atoms in total. The average molecular weight is 341 g/mol. The summed E-state index contributed by atoms with van der Waals surface area (Å²) in [6, 6.07) is 9.21. The molecule has 1 saturated heterocycles. The number of rotatable bonds is 4. The molecule has 5 heteroatoms. The molecule has 3 aliphatic rings. The largest absolute Gasteiger partial charge is 0.337 e. The van der Waals surface area contributed by atoms with Gasteiger partial charge in [0.2, 0.25) is 0 Å². The van der Waals surface area contributed by atoms with Crippen LogP contribution in [0.1, 0.15) is 39.1 Å². The fraction of sp³-hybridized carbons (Fsp3) is 0.526. The number of amides is 1. The molecule has 0 radical (unpaired) electrons. The van der Waals surface area contributed by atoms with Crippen LogP contribution in [0.25, 0.3) is 0 Å². The average Bonchev–Trinajstić information content (AvgIpc) is 2.96. The van der Waals surface area contributed by atoms with E-state index in [1.165, 1.54) is 22.6 Å². The van der Waals surface area contributed by atoms with Gasteiger partial charge in [-0.15, -0.1) is 11.3 Å². The van der Waals surface area contributed by atoms with Crippen LogP contribution in [0.3, 0.4) is 0 Å². The Bertz CT molecular complexity index is 775. The van der Waals surface area contributed by atoms with Crippen LogP contribution in [0.4, 0.5) is 0 Å². The molecule has 0 aromatic carbocycles. The van der Waals surface area contributed by atoms with Crippen molar-refractivity contribution in [1.29, 1.82) is 0 Å². The lowest BCUT2D eigenvalue weighted by molar-refractivity contribution is 0.0565. The van der Waals surface area contributed by atoms with E-state index in [9.17, 15) is 4.79 Å². The van der Waals surface area contributed by atoms with Crippen molar-refractivity contribution < 1.29 is 4.79 Å². The number of aromatic nitrogens is 1. The van der Waals surface area contributed by atoms with Gasteiger partial charge in [0, 0.05) is 42.1 Å². The first kappa shape index (κ1) is 14.7. The summed E-state index contributed by atoms with van der Waals surface area (Å²) in [7, 11) is 0. The Labute approximate surface area is 146 Å². The first-order chi connectivity index (χ1) is 11.7. The van der Waals surface area contributed by atoms with Gasteiger partial charge in [-0.25, -0.2) is 0 Å². The third-order valence-corrected chi connectivity index (χ3v) is 6.66. The number of hydrogen-bond donors (Lipinski definition) is 0. The summed E-state index contributed by atoms with van der Waals surface area (Å²) in [4.78, 5) is 20.5. The number of nitrogens with zero attached hydrogens (tertiary/aromatic N) is 3. The molecule has 1 saturated carbocycles. The fourth-order valence-electron chi connectivity index (χ4n) is 4.31. The normalized spacial score (nSPS) is 26.7. The quantitative estimate of drug-likeness (QED) is 0.855. The van der Waals surface area contributed by atoms with Gasteiger partial charge in [-0.2, -0.15) is 0 Å². The van der Waals surface area contributed by atoms with Gasteiger partial charge in [-0.05, 0) is 49.9 Å². The van der Waals surface area contributed by atoms with Crippen LogP contribution in [0, 0.1) is 12.8 Å². The molecule has 2 aliphatic heterocycles. The van der Waals surface area contributed by atoms with E-state index in [0.717, 1.165) is 37.8 Å². The summed E-state index contributed by atoms with van der Waals surface area (Å²) < 4.78 is 2.23. The van der Waals surface area contributed by atoms with E-state index in [2.05, 4.69) is 39.6 Å². The lowest BCUT2D eigenvalue weighted by atomic mass is 10.1. The highest BCUT2D eigenvalue weighted by Crippen LogP contribution is 2.38. The van der Waals surface area contributed by atoms with Crippen molar-refractivity contribution in [3.8, 4) is 0 Å². The minimum atomic E-state index is 0.238. The zero-order valence-corrected chi connectivity index (χ0v) is 14.8. The predicted molar refractivity (Wildman–Crippen MR) is 95.4 cm³/mol. The van der Waals surface area contributed by atoms with Crippen LogP contribution < -0.4 is 0 Å². The fourth-order valence-corrected chi connectivity index (χ4v) is 5.24. The molecule has 0 bridgehead atoms. The number of fused-ring (bicyclic) bond motifs is 3. The molecule has 1 amide bonds. The van der Waals surface area contributed by atoms with Gasteiger partial charge >= 0.3 is 0 Å². The zero-order valence-electron chi connectivity index (χ0n) is 14.0. The van der Waals surface area contributed by atoms with Gasteiger partial charge in [0.05, 0.1) is 12.1 Å². The molecule has 0 unspecified atom stereocenters. The van der Waals surface area contributed by atoms with Crippen LogP contribution in [0.15, 0.2) is 30.5 Å². The maximum absolute atomic E-state index is 12.9. The smallest absolute Gasteiger partial charge is 0.270 e. The molecule has 2 aromatic rings. The van der Waals surface area contributed by atoms with E-state index >= 15 is 0 Å². The van der Waals surface area contributed by atoms with Crippen molar-refractivity contribution in [2.45, 2.75) is 38.4 Å². The van der Waals surface area contributed by atoms with E-state index in [1.54, 1.807) is 0 Å². The third-order valence-electron chi connectivity index (χ3n) is 5.68. The Balaban J connectivity index is 1.42. The highest BCUT2D eigenvalue weighted by atomic mass is 32.1. The van der Waals surface area contributed by atoms with Crippen LogP contribution in [-0.2, 0) is 6.54 Å². The molecule has 5 rings (SSSR count). The Morgan fingerprint density at radius 2 is 2.00 bits per heavy atom. The summed E-state index contributed by atoms with van der Waals surface area (Å²) in [5, 5.41) is 0. The number of likely N-dealkylation sites (tertiary alicyclic amines) is 1. The van der Waals surface area contributed by atoms with E-state index in [4.69, 9.17) is 0 Å². The van der Waals surface area contributed by atoms with E-state index in [1.807, 2.05) is 23.5 Å². The standard InChI is InChI=1S/C19H23N3OS/c1-13-4-7-15(24-13)10-20-11-17-18(12-20)22(9-14-5-6-14)19(23)16-3-2-8-21(16)17/h2-4,7-8,14,17-18H,5-6,9-12H2,1H3/t17-,18-/m0/s1. The predicted octanol–water partition coefficient (Wildman–Crippen LogP) is 3.15. The third kappa shape index (κ3) is 2.42. The second kappa shape index (κ2) is 5.46. The van der Waals surface area contributed by atoms with E-state index in [-0.39, 0.29) is 5.91 Å². The summed E-state index contributed by atoms with van der Waals surface area (Å²) >= 11 is 1.89. The van der Waals surface area contributed by atoms with Crippen LogP contribution in [-0.4, -0.2) is 46.0 Å². The van der Waals surface area contributed by atoms with Gasteiger partial charge in [-0.3, -0.25) is 9.69 Å². The summed E-state index contributed by atoms with van der Waals surface area (Å²) in [5.74, 6) is 0.979. The lowest BCUT2D eigenvalue weighted by Crippen LogP contribution is -2.51. The lowest BCUT2D eigenvalue weighted by Gasteiger charge is -2.38. The maximum atomic E-state index is 12.9.